The van der Waals surface area contributed by atoms with Gasteiger partial charge in [-0.3, -0.25) is 9.59 Å². The fourth-order valence-corrected chi connectivity index (χ4v) is 2.86. The number of nitriles is 1. The van der Waals surface area contributed by atoms with Crippen molar-refractivity contribution in [3.8, 4) is 11.8 Å². The Labute approximate surface area is 167 Å². The predicted octanol–water partition coefficient (Wildman–Crippen LogP) is 2.79. The minimum Gasteiger partial charge on any atom is -0.266 e. The van der Waals surface area contributed by atoms with Crippen LogP contribution >= 0.6 is 0 Å². The summed E-state index contributed by atoms with van der Waals surface area (Å²) in [6, 6.07) is 16.6. The van der Waals surface area contributed by atoms with Crippen molar-refractivity contribution in [1.29, 1.82) is 5.26 Å². The number of hydrazone groups is 1. The standard InChI is InChI=1S/C22H19N5O2/c1-14-6-4-8-17(10-14)13-24-25-21(28)20-16(3)19(12-23)22(29)27(26-20)18-9-5-7-15(2)11-18/h4-11,13H,1-3H3,(H,25,28)/b24-13+. The second-order valence-electron chi connectivity index (χ2n) is 6.63. The molecule has 0 atom stereocenters. The Morgan fingerprint density at radius 1 is 1.14 bits per heavy atom. The van der Waals surface area contributed by atoms with Crippen LogP contribution in [0.1, 0.15) is 38.3 Å². The van der Waals surface area contributed by atoms with Gasteiger partial charge in [-0.25, -0.2) is 5.43 Å². The minimum atomic E-state index is -0.607. The van der Waals surface area contributed by atoms with Crippen molar-refractivity contribution in [1.82, 2.24) is 15.2 Å². The summed E-state index contributed by atoms with van der Waals surface area (Å²) in [5, 5.41) is 17.6. The summed E-state index contributed by atoms with van der Waals surface area (Å²) in [6.45, 7) is 5.36. The van der Waals surface area contributed by atoms with Crippen molar-refractivity contribution >= 4 is 12.1 Å². The van der Waals surface area contributed by atoms with Gasteiger partial charge in [-0.15, -0.1) is 0 Å². The van der Waals surface area contributed by atoms with E-state index in [0.717, 1.165) is 21.4 Å². The van der Waals surface area contributed by atoms with Gasteiger partial charge in [0.25, 0.3) is 11.5 Å². The van der Waals surface area contributed by atoms with Crippen LogP contribution in [-0.4, -0.2) is 21.9 Å². The summed E-state index contributed by atoms with van der Waals surface area (Å²) < 4.78 is 1.07. The van der Waals surface area contributed by atoms with E-state index < -0.39 is 11.5 Å². The lowest BCUT2D eigenvalue weighted by molar-refractivity contribution is 0.0947. The molecular weight excluding hydrogens is 366 g/mol. The van der Waals surface area contributed by atoms with E-state index in [1.54, 1.807) is 18.2 Å². The molecule has 7 heteroatoms. The lowest BCUT2D eigenvalue weighted by Crippen LogP contribution is -2.31. The summed E-state index contributed by atoms with van der Waals surface area (Å²) >= 11 is 0. The Balaban J connectivity index is 1.98. The number of nitrogens with zero attached hydrogens (tertiary/aromatic N) is 4. The summed E-state index contributed by atoms with van der Waals surface area (Å²) in [7, 11) is 0. The predicted molar refractivity (Wildman–Crippen MR) is 110 cm³/mol. The van der Waals surface area contributed by atoms with Crippen LogP contribution in [0.5, 0.6) is 0 Å². The molecule has 1 N–H and O–H groups in total. The van der Waals surface area contributed by atoms with Crippen LogP contribution in [0.4, 0.5) is 0 Å². The molecule has 0 unspecified atom stereocenters. The van der Waals surface area contributed by atoms with Crippen molar-refractivity contribution < 1.29 is 4.79 Å². The summed E-state index contributed by atoms with van der Waals surface area (Å²) in [4.78, 5) is 25.3. The topological polar surface area (TPSA) is 100 Å². The number of hydrogen-bond donors (Lipinski definition) is 1. The molecule has 0 spiro atoms. The summed E-state index contributed by atoms with van der Waals surface area (Å²) in [5.41, 5.74) is 5.18. The summed E-state index contributed by atoms with van der Waals surface area (Å²) in [6.07, 6.45) is 1.52. The number of benzene rings is 2. The van der Waals surface area contributed by atoms with Crippen molar-refractivity contribution in [2.24, 2.45) is 5.10 Å². The van der Waals surface area contributed by atoms with E-state index in [4.69, 9.17) is 0 Å². The molecule has 29 heavy (non-hydrogen) atoms. The molecule has 0 radical (unpaired) electrons. The Bertz CT molecular complexity index is 1220. The second kappa shape index (κ2) is 8.31. The third-order valence-corrected chi connectivity index (χ3v) is 4.33. The Morgan fingerprint density at radius 3 is 2.48 bits per heavy atom. The van der Waals surface area contributed by atoms with Gasteiger partial charge in [0.15, 0.2) is 5.69 Å². The van der Waals surface area contributed by atoms with Gasteiger partial charge in [0.1, 0.15) is 11.6 Å². The molecule has 0 saturated heterocycles. The van der Waals surface area contributed by atoms with Crippen LogP contribution in [0.3, 0.4) is 0 Å². The maximum Gasteiger partial charge on any atom is 0.292 e. The molecule has 3 aromatic rings. The van der Waals surface area contributed by atoms with Crippen LogP contribution in [0.15, 0.2) is 58.4 Å². The van der Waals surface area contributed by atoms with Crippen LogP contribution in [-0.2, 0) is 0 Å². The van der Waals surface area contributed by atoms with Gasteiger partial charge in [0.05, 0.1) is 11.9 Å². The maximum absolute atomic E-state index is 12.7. The first-order chi connectivity index (χ1) is 13.9. The van der Waals surface area contributed by atoms with E-state index in [9.17, 15) is 14.9 Å². The van der Waals surface area contributed by atoms with Gasteiger partial charge in [0, 0.05) is 5.56 Å². The largest absolute Gasteiger partial charge is 0.292 e. The van der Waals surface area contributed by atoms with Gasteiger partial charge >= 0.3 is 0 Å². The average molecular weight is 385 g/mol. The molecule has 1 heterocycles. The van der Waals surface area contributed by atoms with Crippen molar-refractivity contribution in [2.75, 3.05) is 0 Å². The molecule has 7 nitrogen and oxygen atoms in total. The number of aryl methyl sites for hydroxylation is 2. The number of amides is 1. The van der Waals surface area contributed by atoms with E-state index in [1.165, 1.54) is 13.1 Å². The second-order valence-corrected chi connectivity index (χ2v) is 6.63. The van der Waals surface area contributed by atoms with Crippen LogP contribution in [0.25, 0.3) is 5.69 Å². The number of carbonyl (C=O) groups excluding carboxylic acids is 1. The molecule has 0 aliphatic rings. The van der Waals surface area contributed by atoms with Crippen LogP contribution in [0.2, 0.25) is 0 Å². The molecule has 1 amide bonds. The molecule has 0 aliphatic carbocycles. The number of aromatic nitrogens is 2. The van der Waals surface area contributed by atoms with E-state index >= 15 is 0 Å². The molecule has 0 bridgehead atoms. The lowest BCUT2D eigenvalue weighted by Gasteiger charge is -2.11. The zero-order valence-corrected chi connectivity index (χ0v) is 16.3. The molecular formula is C22H19N5O2. The van der Waals surface area contributed by atoms with Crippen LogP contribution < -0.4 is 11.0 Å². The first-order valence-electron chi connectivity index (χ1n) is 8.92. The third-order valence-electron chi connectivity index (χ3n) is 4.33. The van der Waals surface area contributed by atoms with Crippen molar-refractivity contribution in [2.45, 2.75) is 20.8 Å². The Morgan fingerprint density at radius 2 is 1.83 bits per heavy atom. The van der Waals surface area contributed by atoms with Gasteiger partial charge in [0.2, 0.25) is 0 Å². The number of hydrogen-bond acceptors (Lipinski definition) is 5. The third kappa shape index (κ3) is 4.28. The van der Waals surface area contributed by atoms with E-state index in [-0.39, 0.29) is 16.8 Å². The van der Waals surface area contributed by atoms with Gasteiger partial charge < -0.3 is 0 Å². The van der Waals surface area contributed by atoms with E-state index in [2.05, 4.69) is 15.6 Å². The highest BCUT2D eigenvalue weighted by molar-refractivity contribution is 5.94. The first-order valence-corrected chi connectivity index (χ1v) is 8.92. The highest BCUT2D eigenvalue weighted by atomic mass is 16.2. The SMILES string of the molecule is Cc1cccc(/C=N/NC(=O)c2nn(-c3cccc(C)c3)c(=O)c(C#N)c2C)c1. The highest BCUT2D eigenvalue weighted by Gasteiger charge is 2.20. The Kier molecular flexibility index (Phi) is 5.65. The average Bonchev–Trinajstić information content (AvgIpc) is 2.68. The number of nitrogens with one attached hydrogen (secondary N) is 1. The maximum atomic E-state index is 12.7. The number of carbonyl (C=O) groups is 1. The normalized spacial score (nSPS) is 10.7. The fourth-order valence-electron chi connectivity index (χ4n) is 2.86. The zero-order chi connectivity index (χ0) is 21.0. The van der Waals surface area contributed by atoms with Gasteiger partial charge in [-0.2, -0.15) is 20.1 Å². The number of rotatable bonds is 4. The molecule has 0 saturated carbocycles. The molecule has 144 valence electrons. The quantitative estimate of drug-likeness (QED) is 0.551. The van der Waals surface area contributed by atoms with Crippen molar-refractivity contribution in [3.63, 3.8) is 0 Å². The van der Waals surface area contributed by atoms with E-state index in [0.29, 0.717) is 5.69 Å². The smallest absolute Gasteiger partial charge is 0.266 e. The molecule has 0 fully saturated rings. The highest BCUT2D eigenvalue weighted by Crippen LogP contribution is 2.12. The molecule has 2 aromatic carbocycles. The van der Waals surface area contributed by atoms with Gasteiger partial charge in [-0.1, -0.05) is 42.0 Å². The minimum absolute atomic E-state index is 0.0379. The zero-order valence-electron chi connectivity index (χ0n) is 16.3. The molecule has 0 aliphatic heterocycles. The monoisotopic (exact) mass is 385 g/mol. The van der Waals surface area contributed by atoms with E-state index in [1.807, 2.05) is 50.2 Å². The Hall–Kier alpha value is -4.05. The summed E-state index contributed by atoms with van der Waals surface area (Å²) in [5.74, 6) is -0.607. The lowest BCUT2D eigenvalue weighted by atomic mass is 10.1. The van der Waals surface area contributed by atoms with Crippen molar-refractivity contribution in [3.05, 3.63) is 92.4 Å². The molecule has 1 aromatic heterocycles. The van der Waals surface area contributed by atoms with Gasteiger partial charge in [-0.05, 0) is 44.0 Å². The first kappa shape index (κ1) is 19.7. The van der Waals surface area contributed by atoms with Crippen LogP contribution in [0, 0.1) is 32.1 Å². The fraction of sp³-hybridized carbons (Fsp3) is 0.136. The molecule has 3 rings (SSSR count).